The molecule has 0 amide bonds. The second kappa shape index (κ2) is 4.85. The smallest absolute Gasteiger partial charge is 0.223 e. The highest BCUT2D eigenvalue weighted by Gasteiger charge is 2.01. The van der Waals surface area contributed by atoms with Crippen molar-refractivity contribution in [3.8, 4) is 17.4 Å². The monoisotopic (exact) mass is 234 g/mol. The van der Waals surface area contributed by atoms with Crippen LogP contribution in [0.25, 0.3) is 0 Å². The number of hydrogen-bond acceptors (Lipinski definition) is 5. The number of aromatic nitrogens is 2. The highest BCUT2D eigenvalue weighted by atomic mass is 32.2. The van der Waals surface area contributed by atoms with Gasteiger partial charge < -0.3 is 9.84 Å². The average molecular weight is 234 g/mol. The molecule has 0 aliphatic rings. The first kappa shape index (κ1) is 10.8. The van der Waals surface area contributed by atoms with E-state index >= 15 is 0 Å². The van der Waals surface area contributed by atoms with E-state index in [1.54, 1.807) is 24.3 Å². The SMILES string of the molecule is CSc1cc(Oc2cccc(O)c2)ncn1. The highest BCUT2D eigenvalue weighted by molar-refractivity contribution is 7.98. The van der Waals surface area contributed by atoms with Crippen molar-refractivity contribution in [1.29, 1.82) is 0 Å². The predicted octanol–water partition coefficient (Wildman–Crippen LogP) is 2.70. The van der Waals surface area contributed by atoms with E-state index in [0.29, 0.717) is 11.6 Å². The van der Waals surface area contributed by atoms with Gasteiger partial charge in [0.1, 0.15) is 22.9 Å². The number of phenols is 1. The Labute approximate surface area is 97.3 Å². The van der Waals surface area contributed by atoms with E-state index in [1.165, 1.54) is 24.2 Å². The summed E-state index contributed by atoms with van der Waals surface area (Å²) in [6.45, 7) is 0. The van der Waals surface area contributed by atoms with Gasteiger partial charge in [-0.2, -0.15) is 0 Å². The second-order valence-electron chi connectivity index (χ2n) is 3.00. The lowest BCUT2D eigenvalue weighted by Crippen LogP contribution is -1.89. The first-order valence-corrected chi connectivity index (χ1v) is 5.83. The lowest BCUT2D eigenvalue weighted by atomic mass is 10.3. The molecule has 5 heteroatoms. The number of hydrogen-bond donors (Lipinski definition) is 1. The Hall–Kier alpha value is -1.75. The van der Waals surface area contributed by atoms with Crippen LogP contribution in [0.5, 0.6) is 17.4 Å². The average Bonchev–Trinajstić information content (AvgIpc) is 2.29. The van der Waals surface area contributed by atoms with Crippen LogP contribution >= 0.6 is 11.8 Å². The molecule has 1 heterocycles. The van der Waals surface area contributed by atoms with Gasteiger partial charge in [0.05, 0.1) is 0 Å². The normalized spacial score (nSPS) is 10.1. The number of ether oxygens (including phenoxy) is 1. The molecule has 0 aliphatic heterocycles. The van der Waals surface area contributed by atoms with Crippen molar-refractivity contribution in [1.82, 2.24) is 9.97 Å². The van der Waals surface area contributed by atoms with E-state index in [4.69, 9.17) is 4.74 Å². The molecule has 4 nitrogen and oxygen atoms in total. The van der Waals surface area contributed by atoms with Crippen LogP contribution in [-0.2, 0) is 0 Å². The number of rotatable bonds is 3. The fourth-order valence-corrected chi connectivity index (χ4v) is 1.53. The highest BCUT2D eigenvalue weighted by Crippen LogP contribution is 2.24. The summed E-state index contributed by atoms with van der Waals surface area (Å²) in [5, 5.41) is 10.1. The summed E-state index contributed by atoms with van der Waals surface area (Å²) in [5.41, 5.74) is 0. The molecule has 2 aromatic rings. The Bertz CT molecular complexity index is 491. The summed E-state index contributed by atoms with van der Waals surface area (Å²) < 4.78 is 5.48. The summed E-state index contributed by atoms with van der Waals surface area (Å²) in [6.07, 6.45) is 3.38. The summed E-state index contributed by atoms with van der Waals surface area (Å²) in [4.78, 5) is 8.02. The fraction of sp³-hybridized carbons (Fsp3) is 0.0909. The van der Waals surface area contributed by atoms with Crippen molar-refractivity contribution < 1.29 is 9.84 Å². The van der Waals surface area contributed by atoms with Crippen LogP contribution in [0.4, 0.5) is 0 Å². The minimum absolute atomic E-state index is 0.164. The van der Waals surface area contributed by atoms with Crippen LogP contribution in [0.15, 0.2) is 41.7 Å². The maximum absolute atomic E-state index is 9.27. The van der Waals surface area contributed by atoms with Crippen LogP contribution in [-0.4, -0.2) is 21.3 Å². The Morgan fingerprint density at radius 2 is 2.12 bits per heavy atom. The summed E-state index contributed by atoms with van der Waals surface area (Å²) >= 11 is 1.52. The third-order valence-electron chi connectivity index (χ3n) is 1.87. The minimum atomic E-state index is 0.164. The number of phenolic OH excluding ortho intramolecular Hbond substituents is 1. The number of thioether (sulfide) groups is 1. The van der Waals surface area contributed by atoms with Crippen LogP contribution in [0.2, 0.25) is 0 Å². The lowest BCUT2D eigenvalue weighted by Gasteiger charge is -2.05. The molecule has 16 heavy (non-hydrogen) atoms. The number of aromatic hydroxyl groups is 1. The van der Waals surface area contributed by atoms with E-state index in [-0.39, 0.29) is 5.75 Å². The molecule has 0 saturated heterocycles. The molecule has 1 aromatic carbocycles. The van der Waals surface area contributed by atoms with E-state index < -0.39 is 0 Å². The topological polar surface area (TPSA) is 55.2 Å². The summed E-state index contributed by atoms with van der Waals surface area (Å²) in [6, 6.07) is 8.32. The van der Waals surface area contributed by atoms with Gasteiger partial charge in [0.2, 0.25) is 5.88 Å². The third-order valence-corrected chi connectivity index (χ3v) is 2.51. The molecule has 0 aliphatic carbocycles. The third kappa shape index (κ3) is 2.64. The van der Waals surface area contributed by atoms with Crippen LogP contribution in [0.1, 0.15) is 0 Å². The molecule has 0 bridgehead atoms. The maximum Gasteiger partial charge on any atom is 0.223 e. The van der Waals surface area contributed by atoms with Crippen molar-refractivity contribution >= 4 is 11.8 Å². The molecule has 2 rings (SSSR count). The van der Waals surface area contributed by atoms with Gasteiger partial charge in [-0.25, -0.2) is 9.97 Å². The Morgan fingerprint density at radius 1 is 1.25 bits per heavy atom. The van der Waals surface area contributed by atoms with Crippen molar-refractivity contribution in [2.75, 3.05) is 6.26 Å². The first-order valence-electron chi connectivity index (χ1n) is 4.61. The lowest BCUT2D eigenvalue weighted by molar-refractivity contribution is 0.443. The van der Waals surface area contributed by atoms with Gasteiger partial charge in [0.25, 0.3) is 0 Å². The molecule has 0 atom stereocenters. The predicted molar refractivity (Wildman–Crippen MR) is 62.0 cm³/mol. The molecular weight excluding hydrogens is 224 g/mol. The van der Waals surface area contributed by atoms with E-state index in [9.17, 15) is 5.11 Å². The standard InChI is InChI=1S/C11H10N2O2S/c1-16-11-6-10(12-7-13-11)15-9-4-2-3-8(14)5-9/h2-7,14H,1H3. The number of nitrogens with zero attached hydrogens (tertiary/aromatic N) is 2. The zero-order valence-electron chi connectivity index (χ0n) is 8.62. The van der Waals surface area contributed by atoms with Gasteiger partial charge in [-0.05, 0) is 18.4 Å². The van der Waals surface area contributed by atoms with E-state index in [2.05, 4.69) is 9.97 Å². The van der Waals surface area contributed by atoms with Crippen molar-refractivity contribution in [2.24, 2.45) is 0 Å². The zero-order valence-corrected chi connectivity index (χ0v) is 9.44. The first-order chi connectivity index (χ1) is 7.78. The molecule has 0 spiro atoms. The molecule has 1 N–H and O–H groups in total. The van der Waals surface area contributed by atoms with E-state index in [0.717, 1.165) is 5.03 Å². The Balaban J connectivity index is 2.20. The molecule has 1 aromatic heterocycles. The van der Waals surface area contributed by atoms with Gasteiger partial charge >= 0.3 is 0 Å². The second-order valence-corrected chi connectivity index (χ2v) is 3.82. The molecule has 0 fully saturated rings. The van der Waals surface area contributed by atoms with Gasteiger partial charge in [-0.3, -0.25) is 0 Å². The largest absolute Gasteiger partial charge is 0.508 e. The van der Waals surface area contributed by atoms with Crippen LogP contribution < -0.4 is 4.74 Å². The Morgan fingerprint density at radius 3 is 2.88 bits per heavy atom. The van der Waals surface area contributed by atoms with Crippen molar-refractivity contribution in [3.63, 3.8) is 0 Å². The molecule has 0 unspecified atom stereocenters. The summed E-state index contributed by atoms with van der Waals surface area (Å²) in [5.74, 6) is 1.17. The van der Waals surface area contributed by atoms with Crippen LogP contribution in [0, 0.1) is 0 Å². The van der Waals surface area contributed by atoms with Crippen molar-refractivity contribution in [3.05, 3.63) is 36.7 Å². The fourth-order valence-electron chi connectivity index (χ4n) is 1.16. The Kier molecular flexibility index (Phi) is 3.26. The molecule has 0 saturated carbocycles. The molecule has 0 radical (unpaired) electrons. The number of benzene rings is 1. The zero-order chi connectivity index (χ0) is 11.4. The van der Waals surface area contributed by atoms with Gasteiger partial charge in [-0.1, -0.05) is 6.07 Å². The molecule has 82 valence electrons. The van der Waals surface area contributed by atoms with Crippen LogP contribution in [0.3, 0.4) is 0 Å². The van der Waals surface area contributed by atoms with Crippen molar-refractivity contribution in [2.45, 2.75) is 5.03 Å². The minimum Gasteiger partial charge on any atom is -0.508 e. The molecular formula is C11H10N2O2S. The van der Waals surface area contributed by atoms with Gasteiger partial charge in [0.15, 0.2) is 0 Å². The maximum atomic E-state index is 9.27. The van der Waals surface area contributed by atoms with Gasteiger partial charge in [-0.15, -0.1) is 11.8 Å². The quantitative estimate of drug-likeness (QED) is 0.653. The van der Waals surface area contributed by atoms with Gasteiger partial charge in [0, 0.05) is 12.1 Å². The summed E-state index contributed by atoms with van der Waals surface area (Å²) in [7, 11) is 0. The van der Waals surface area contributed by atoms with E-state index in [1.807, 2.05) is 6.26 Å².